The molecule has 3 fully saturated rings. The summed E-state index contributed by atoms with van der Waals surface area (Å²) in [7, 11) is 1.53. The Hall–Kier alpha value is -2.95. The second-order valence-electron chi connectivity index (χ2n) is 8.63. The maximum atomic E-state index is 15.1. The molecule has 4 atom stereocenters. The van der Waals surface area contributed by atoms with E-state index in [0.717, 1.165) is 31.7 Å². The number of aliphatic hydroxyl groups is 1. The number of aliphatic hydroxyl groups excluding tert-OH is 1. The van der Waals surface area contributed by atoms with Gasteiger partial charge in [0.1, 0.15) is 29.8 Å². The fourth-order valence-electron chi connectivity index (χ4n) is 4.86. The van der Waals surface area contributed by atoms with E-state index >= 15 is 4.39 Å². The molecule has 174 valence electrons. The Morgan fingerprint density at radius 2 is 1.94 bits per heavy atom. The Morgan fingerprint density at radius 1 is 1.12 bits per heavy atom. The van der Waals surface area contributed by atoms with E-state index in [1.807, 2.05) is 6.07 Å². The van der Waals surface area contributed by atoms with Gasteiger partial charge >= 0.3 is 0 Å². The van der Waals surface area contributed by atoms with E-state index in [4.69, 9.17) is 18.9 Å². The van der Waals surface area contributed by atoms with Gasteiger partial charge < -0.3 is 33.9 Å². The van der Waals surface area contributed by atoms with Gasteiger partial charge in [-0.3, -0.25) is 0 Å². The molecule has 3 aromatic rings. The third kappa shape index (κ3) is 3.58. The van der Waals surface area contributed by atoms with Crippen LogP contribution in [0.25, 0.3) is 22.3 Å². The smallest absolute Gasteiger partial charge is 0.224 e. The zero-order valence-corrected chi connectivity index (χ0v) is 18.2. The van der Waals surface area contributed by atoms with Crippen LogP contribution in [-0.2, 0) is 9.47 Å². The number of nitrogens with one attached hydrogen (secondary N) is 1. The Labute approximate surface area is 189 Å². The van der Waals surface area contributed by atoms with E-state index in [-0.39, 0.29) is 30.6 Å². The first-order valence-electron chi connectivity index (χ1n) is 11.2. The lowest BCUT2D eigenvalue weighted by atomic mass is 10.1. The molecule has 0 spiro atoms. The first-order chi connectivity index (χ1) is 16.1. The van der Waals surface area contributed by atoms with Crippen LogP contribution in [0.2, 0.25) is 0 Å². The molecule has 3 aliphatic heterocycles. The van der Waals surface area contributed by atoms with Crippen molar-refractivity contribution >= 4 is 16.9 Å². The predicted molar refractivity (Wildman–Crippen MR) is 117 cm³/mol. The summed E-state index contributed by atoms with van der Waals surface area (Å²) in [6.07, 6.45) is 0.535. The molecule has 0 radical (unpaired) electrons. The van der Waals surface area contributed by atoms with Crippen molar-refractivity contribution in [1.29, 1.82) is 0 Å². The van der Waals surface area contributed by atoms with Crippen molar-refractivity contribution in [2.75, 3.05) is 38.3 Å². The topological polar surface area (TPSA) is 102 Å². The van der Waals surface area contributed by atoms with Gasteiger partial charge in [0.05, 0.1) is 36.9 Å². The number of anilines is 1. The Morgan fingerprint density at radius 3 is 2.76 bits per heavy atom. The van der Waals surface area contributed by atoms with Crippen molar-refractivity contribution in [1.82, 2.24) is 15.0 Å². The Bertz CT molecular complexity index is 1180. The van der Waals surface area contributed by atoms with Gasteiger partial charge in [-0.1, -0.05) is 0 Å². The fraction of sp³-hybridized carbons (Fsp3) is 0.478. The second kappa shape index (κ2) is 8.12. The molecular formula is C23H25FN4O5. The van der Waals surface area contributed by atoms with Crippen LogP contribution in [0.1, 0.15) is 12.8 Å². The highest BCUT2D eigenvalue weighted by atomic mass is 19.1. The molecule has 33 heavy (non-hydrogen) atoms. The highest BCUT2D eigenvalue weighted by Gasteiger charge is 2.48. The van der Waals surface area contributed by atoms with Crippen molar-refractivity contribution < 1.29 is 28.4 Å². The molecule has 6 rings (SSSR count). The minimum atomic E-state index is -0.648. The van der Waals surface area contributed by atoms with Crippen LogP contribution in [0.4, 0.5) is 10.2 Å². The fourth-order valence-corrected chi connectivity index (χ4v) is 4.86. The number of pyridine rings is 2. The van der Waals surface area contributed by atoms with E-state index in [9.17, 15) is 5.11 Å². The number of halogens is 1. The minimum Gasteiger partial charge on any atom is -0.480 e. The molecule has 0 amide bonds. The predicted octanol–water partition coefficient (Wildman–Crippen LogP) is 2.28. The zero-order chi connectivity index (χ0) is 22.5. The number of methoxy groups -OCH3 is 1. The summed E-state index contributed by atoms with van der Waals surface area (Å²) in [5.74, 6) is 1.10. The minimum absolute atomic E-state index is 0.164. The lowest BCUT2D eigenvalue weighted by molar-refractivity contribution is 0.00794. The largest absolute Gasteiger partial charge is 0.480 e. The third-order valence-corrected chi connectivity index (χ3v) is 6.52. The molecule has 3 aliphatic rings. The van der Waals surface area contributed by atoms with Gasteiger partial charge in [-0.15, -0.1) is 0 Å². The van der Waals surface area contributed by atoms with E-state index < -0.39 is 11.9 Å². The summed E-state index contributed by atoms with van der Waals surface area (Å²) < 4.78 is 37.8. The molecular weight excluding hydrogens is 431 g/mol. The number of hydrogen-bond acceptors (Lipinski definition) is 8. The molecule has 0 aromatic carbocycles. The maximum Gasteiger partial charge on any atom is 0.224 e. The summed E-state index contributed by atoms with van der Waals surface area (Å²) in [6, 6.07) is 6.80. The van der Waals surface area contributed by atoms with E-state index in [1.54, 1.807) is 12.1 Å². The van der Waals surface area contributed by atoms with Gasteiger partial charge in [0.2, 0.25) is 5.88 Å². The van der Waals surface area contributed by atoms with Gasteiger partial charge in [0.25, 0.3) is 0 Å². The number of H-pyrrole nitrogens is 1. The van der Waals surface area contributed by atoms with Crippen LogP contribution in [0.5, 0.6) is 11.8 Å². The zero-order valence-electron chi connectivity index (χ0n) is 18.2. The number of aromatic amines is 1. The number of fused-ring (bicyclic) bond motifs is 2. The molecule has 3 saturated heterocycles. The summed E-state index contributed by atoms with van der Waals surface area (Å²) in [5, 5.41) is 9.91. The number of ether oxygens (including phenoxy) is 4. The number of nitrogens with zero attached hydrogens (tertiary/aromatic N) is 3. The quantitative estimate of drug-likeness (QED) is 0.603. The van der Waals surface area contributed by atoms with Crippen molar-refractivity contribution in [2.45, 2.75) is 37.3 Å². The van der Waals surface area contributed by atoms with E-state index in [0.29, 0.717) is 35.0 Å². The van der Waals surface area contributed by atoms with Crippen LogP contribution in [0, 0.1) is 5.82 Å². The summed E-state index contributed by atoms with van der Waals surface area (Å²) in [4.78, 5) is 14.4. The van der Waals surface area contributed by atoms with Crippen molar-refractivity contribution in [3.63, 3.8) is 0 Å². The molecule has 0 aliphatic carbocycles. The van der Waals surface area contributed by atoms with Crippen LogP contribution in [0.3, 0.4) is 0 Å². The number of aromatic nitrogens is 3. The average molecular weight is 456 g/mol. The van der Waals surface area contributed by atoms with Gasteiger partial charge in [-0.2, -0.15) is 4.98 Å². The monoisotopic (exact) mass is 456 g/mol. The van der Waals surface area contributed by atoms with Crippen LogP contribution in [0.15, 0.2) is 24.3 Å². The van der Waals surface area contributed by atoms with E-state index in [1.165, 1.54) is 13.2 Å². The number of rotatable bonds is 5. The summed E-state index contributed by atoms with van der Waals surface area (Å²) >= 11 is 0. The second-order valence-corrected chi connectivity index (χ2v) is 8.63. The van der Waals surface area contributed by atoms with Gasteiger partial charge in [-0.05, 0) is 25.0 Å². The van der Waals surface area contributed by atoms with Crippen molar-refractivity contribution in [3.8, 4) is 23.0 Å². The lowest BCUT2D eigenvalue weighted by Crippen LogP contribution is -2.34. The molecule has 3 unspecified atom stereocenters. The Balaban J connectivity index is 1.29. The summed E-state index contributed by atoms with van der Waals surface area (Å²) in [5.41, 5.74) is 1.71. The Kier molecular flexibility index (Phi) is 5.08. The molecule has 9 nitrogen and oxygen atoms in total. The van der Waals surface area contributed by atoms with Gasteiger partial charge in [0, 0.05) is 25.2 Å². The van der Waals surface area contributed by atoms with Gasteiger partial charge in [0.15, 0.2) is 17.8 Å². The highest BCUT2D eigenvalue weighted by molar-refractivity contribution is 5.82. The lowest BCUT2D eigenvalue weighted by Gasteiger charge is -2.18. The average Bonchev–Trinajstić information content (AvgIpc) is 3.60. The van der Waals surface area contributed by atoms with Crippen molar-refractivity contribution in [2.24, 2.45) is 0 Å². The normalized spacial score (nSPS) is 26.8. The third-order valence-electron chi connectivity index (χ3n) is 6.52. The highest BCUT2D eigenvalue weighted by Crippen LogP contribution is 2.35. The molecule has 3 aromatic heterocycles. The SMILES string of the molecule is COc1nc(N2CCCC2)ccc1-c1nc2cc(OC3COC4C(O)CO[C@H]34)[nH]c2cc1F. The van der Waals surface area contributed by atoms with Gasteiger partial charge in [-0.25, -0.2) is 9.37 Å². The molecule has 10 heteroatoms. The first-order valence-corrected chi connectivity index (χ1v) is 11.2. The standard InChI is InChI=1S/C23H25FN4O5/c1-30-23-12(4-5-18(27-23)28-6-2-3-7-28)20-13(24)8-14-15(26-20)9-19(25-14)33-17-11-32-21-16(29)10-31-22(17)21/h4-5,8-9,16-17,21-22,25,29H,2-3,6-7,10-11H2,1H3/t16?,17?,21?,22-/m1/s1. The van der Waals surface area contributed by atoms with Crippen molar-refractivity contribution in [3.05, 3.63) is 30.1 Å². The first kappa shape index (κ1) is 20.6. The molecule has 2 N–H and O–H groups in total. The maximum absolute atomic E-state index is 15.1. The summed E-state index contributed by atoms with van der Waals surface area (Å²) in [6.45, 7) is 2.45. The van der Waals surface area contributed by atoms with Crippen LogP contribution >= 0.6 is 0 Å². The molecule has 6 heterocycles. The molecule has 0 bridgehead atoms. The van der Waals surface area contributed by atoms with Crippen LogP contribution in [-0.4, -0.2) is 77.9 Å². The van der Waals surface area contributed by atoms with Crippen LogP contribution < -0.4 is 14.4 Å². The molecule has 0 saturated carbocycles. The number of hydrogen-bond donors (Lipinski definition) is 2. The van der Waals surface area contributed by atoms with E-state index in [2.05, 4.69) is 19.9 Å².